The second-order valence-electron chi connectivity index (χ2n) is 5.41. The number of aliphatic hydroxyl groups excluding tert-OH is 1. The van der Waals surface area contributed by atoms with Gasteiger partial charge < -0.3 is 15.3 Å². The summed E-state index contributed by atoms with van der Waals surface area (Å²) in [6.45, 7) is 3.61. The quantitative estimate of drug-likeness (QED) is 0.816. The Bertz CT molecular complexity index is 627. The highest BCUT2D eigenvalue weighted by molar-refractivity contribution is 6.22. The van der Waals surface area contributed by atoms with Crippen molar-refractivity contribution in [2.24, 2.45) is 0 Å². The monoisotopic (exact) mass is 305 g/mol. The number of carbonyl (C=O) groups is 3. The largest absolute Gasteiger partial charge is 0.395 e. The number of nitrogens with one attached hydrogen (secondary N) is 1. The van der Waals surface area contributed by atoms with Gasteiger partial charge in [0.05, 0.1) is 17.7 Å². The molecule has 1 aromatic carbocycles. The van der Waals surface area contributed by atoms with Crippen molar-refractivity contribution in [3.8, 4) is 0 Å². The second-order valence-corrected chi connectivity index (χ2v) is 5.41. The molecule has 0 spiro atoms. The Balaban J connectivity index is 2.22. The lowest BCUT2D eigenvalue weighted by molar-refractivity contribution is 0.0609. The molecule has 1 aliphatic rings. The second kappa shape index (κ2) is 6.15. The Kier molecular flexibility index (Phi) is 4.46. The molecule has 0 bridgehead atoms. The van der Waals surface area contributed by atoms with Crippen LogP contribution >= 0.6 is 0 Å². The molecule has 2 N–H and O–H groups in total. The number of urea groups is 1. The highest BCUT2D eigenvalue weighted by Gasteiger charge is 2.37. The standard InChI is InChI=1S/C15H19N3O4/c1-9(2)18-13(20)11-5-4-10(8-12(11)14(18)21)16-15(22)17(3)6-7-19/h4-5,8-9,19H,6-7H2,1-3H3,(H,16,22). The fourth-order valence-corrected chi connectivity index (χ4v) is 2.28. The van der Waals surface area contributed by atoms with Gasteiger partial charge in [0.1, 0.15) is 0 Å². The number of nitrogens with zero attached hydrogens (tertiary/aromatic N) is 2. The van der Waals surface area contributed by atoms with Crippen LogP contribution in [0.2, 0.25) is 0 Å². The Morgan fingerprint density at radius 3 is 2.50 bits per heavy atom. The van der Waals surface area contributed by atoms with Gasteiger partial charge in [0.2, 0.25) is 0 Å². The number of fused-ring (bicyclic) bond motifs is 1. The van der Waals surface area contributed by atoms with Gasteiger partial charge in [-0.2, -0.15) is 0 Å². The van der Waals surface area contributed by atoms with E-state index in [-0.39, 0.29) is 31.0 Å². The zero-order chi connectivity index (χ0) is 16.4. The first-order chi connectivity index (χ1) is 10.4. The van der Waals surface area contributed by atoms with Gasteiger partial charge in [-0.25, -0.2) is 4.79 Å². The minimum atomic E-state index is -0.397. The van der Waals surface area contributed by atoms with Crippen molar-refractivity contribution in [3.05, 3.63) is 29.3 Å². The SMILES string of the molecule is CC(C)N1C(=O)c2ccc(NC(=O)N(C)CCO)cc2C1=O. The van der Waals surface area contributed by atoms with Crippen molar-refractivity contribution in [1.29, 1.82) is 0 Å². The molecule has 0 unspecified atom stereocenters. The van der Waals surface area contributed by atoms with E-state index in [1.807, 2.05) is 0 Å². The summed E-state index contributed by atoms with van der Waals surface area (Å²) in [5, 5.41) is 11.4. The van der Waals surface area contributed by atoms with Crippen molar-refractivity contribution in [3.63, 3.8) is 0 Å². The van der Waals surface area contributed by atoms with E-state index in [1.54, 1.807) is 33.0 Å². The van der Waals surface area contributed by atoms with Crippen LogP contribution in [0.3, 0.4) is 0 Å². The number of aliphatic hydroxyl groups is 1. The maximum Gasteiger partial charge on any atom is 0.321 e. The van der Waals surface area contributed by atoms with E-state index in [9.17, 15) is 14.4 Å². The molecule has 0 aromatic heterocycles. The maximum absolute atomic E-state index is 12.3. The van der Waals surface area contributed by atoms with Crippen molar-refractivity contribution < 1.29 is 19.5 Å². The van der Waals surface area contributed by atoms with Crippen LogP contribution in [-0.4, -0.2) is 59.0 Å². The van der Waals surface area contributed by atoms with Crippen LogP contribution in [0.25, 0.3) is 0 Å². The molecule has 2 rings (SSSR count). The Morgan fingerprint density at radius 2 is 1.91 bits per heavy atom. The molecule has 1 aromatic rings. The van der Waals surface area contributed by atoms with Gasteiger partial charge in [-0.3, -0.25) is 14.5 Å². The summed E-state index contributed by atoms with van der Waals surface area (Å²) >= 11 is 0. The molecule has 4 amide bonds. The first-order valence-electron chi connectivity index (χ1n) is 7.01. The molecule has 7 heteroatoms. The van der Waals surface area contributed by atoms with Gasteiger partial charge in [0.25, 0.3) is 11.8 Å². The maximum atomic E-state index is 12.3. The van der Waals surface area contributed by atoms with Gasteiger partial charge in [-0.15, -0.1) is 0 Å². The lowest BCUT2D eigenvalue weighted by Crippen LogP contribution is -2.35. The predicted octanol–water partition coefficient (Wildman–Crippen LogP) is 1.15. The highest BCUT2D eigenvalue weighted by atomic mass is 16.3. The molecule has 0 aliphatic carbocycles. The number of carbonyl (C=O) groups excluding carboxylic acids is 3. The van der Waals surface area contributed by atoms with Crippen LogP contribution in [0.1, 0.15) is 34.6 Å². The van der Waals surface area contributed by atoms with Crippen molar-refractivity contribution in [2.45, 2.75) is 19.9 Å². The first-order valence-corrected chi connectivity index (χ1v) is 7.01. The molecule has 1 heterocycles. The average Bonchev–Trinajstić information content (AvgIpc) is 2.70. The summed E-state index contributed by atoms with van der Waals surface area (Å²) in [5.41, 5.74) is 1.07. The summed E-state index contributed by atoms with van der Waals surface area (Å²) in [5.74, 6) is -0.667. The van der Waals surface area contributed by atoms with Gasteiger partial charge in [0.15, 0.2) is 0 Å². The van der Waals surface area contributed by atoms with Crippen LogP contribution in [0.4, 0.5) is 10.5 Å². The molecule has 0 atom stereocenters. The molecular weight excluding hydrogens is 286 g/mol. The lowest BCUT2D eigenvalue weighted by atomic mass is 10.1. The summed E-state index contributed by atoms with van der Waals surface area (Å²) in [7, 11) is 1.55. The first kappa shape index (κ1) is 16.0. The summed E-state index contributed by atoms with van der Waals surface area (Å²) in [4.78, 5) is 38.8. The zero-order valence-electron chi connectivity index (χ0n) is 12.8. The fraction of sp³-hybridized carbons (Fsp3) is 0.400. The van der Waals surface area contributed by atoms with Crippen molar-refractivity contribution in [2.75, 3.05) is 25.5 Å². The number of hydrogen-bond acceptors (Lipinski definition) is 4. The van der Waals surface area contributed by atoms with Crippen LogP contribution < -0.4 is 5.32 Å². The van der Waals surface area contributed by atoms with Gasteiger partial charge in [-0.1, -0.05) is 0 Å². The summed E-state index contributed by atoms with van der Waals surface area (Å²) < 4.78 is 0. The molecule has 118 valence electrons. The predicted molar refractivity (Wildman–Crippen MR) is 80.8 cm³/mol. The third-order valence-corrected chi connectivity index (χ3v) is 3.47. The van der Waals surface area contributed by atoms with E-state index in [0.717, 1.165) is 0 Å². The number of anilines is 1. The number of benzene rings is 1. The fourth-order valence-electron chi connectivity index (χ4n) is 2.28. The minimum absolute atomic E-state index is 0.134. The highest BCUT2D eigenvalue weighted by Crippen LogP contribution is 2.27. The number of likely N-dealkylation sites (N-methyl/N-ethyl adjacent to an activating group) is 1. The van der Waals surface area contributed by atoms with Crippen LogP contribution in [0.15, 0.2) is 18.2 Å². The Morgan fingerprint density at radius 1 is 1.27 bits per heavy atom. The van der Waals surface area contributed by atoms with E-state index >= 15 is 0 Å². The van der Waals surface area contributed by atoms with Crippen molar-refractivity contribution in [1.82, 2.24) is 9.80 Å². The number of hydrogen-bond donors (Lipinski definition) is 2. The molecule has 0 radical (unpaired) electrons. The average molecular weight is 305 g/mol. The summed E-state index contributed by atoms with van der Waals surface area (Å²) in [6.07, 6.45) is 0. The molecule has 7 nitrogen and oxygen atoms in total. The lowest BCUT2D eigenvalue weighted by Gasteiger charge is -2.17. The Labute approximate surface area is 128 Å². The number of rotatable bonds is 4. The summed E-state index contributed by atoms with van der Waals surface area (Å²) in [6, 6.07) is 4.01. The number of amides is 4. The topological polar surface area (TPSA) is 90.0 Å². The van der Waals surface area contributed by atoms with E-state index in [1.165, 1.54) is 15.9 Å². The normalized spacial score (nSPS) is 13.6. The van der Waals surface area contributed by atoms with Gasteiger partial charge >= 0.3 is 6.03 Å². The Hall–Kier alpha value is -2.41. The third-order valence-electron chi connectivity index (χ3n) is 3.47. The van der Waals surface area contributed by atoms with E-state index in [2.05, 4.69) is 5.32 Å². The number of imide groups is 1. The zero-order valence-corrected chi connectivity index (χ0v) is 12.8. The molecule has 0 saturated carbocycles. The molecule has 22 heavy (non-hydrogen) atoms. The molecule has 0 saturated heterocycles. The third kappa shape index (κ3) is 2.80. The van der Waals surface area contributed by atoms with E-state index in [4.69, 9.17) is 5.11 Å². The van der Waals surface area contributed by atoms with E-state index < -0.39 is 6.03 Å². The minimum Gasteiger partial charge on any atom is -0.395 e. The smallest absolute Gasteiger partial charge is 0.321 e. The van der Waals surface area contributed by atoms with Crippen LogP contribution in [0.5, 0.6) is 0 Å². The van der Waals surface area contributed by atoms with Gasteiger partial charge in [-0.05, 0) is 32.0 Å². The van der Waals surface area contributed by atoms with Gasteiger partial charge in [0, 0.05) is 25.3 Å². The molecular formula is C15H19N3O4. The van der Waals surface area contributed by atoms with E-state index in [0.29, 0.717) is 16.8 Å². The molecule has 0 fully saturated rings. The van der Waals surface area contributed by atoms with Crippen LogP contribution in [0, 0.1) is 0 Å². The van der Waals surface area contributed by atoms with Crippen molar-refractivity contribution >= 4 is 23.5 Å². The molecule has 1 aliphatic heterocycles. The van der Waals surface area contributed by atoms with Crippen LogP contribution in [-0.2, 0) is 0 Å².